The van der Waals surface area contributed by atoms with E-state index >= 15 is 0 Å². The Morgan fingerprint density at radius 2 is 1.88 bits per heavy atom. The highest BCUT2D eigenvalue weighted by atomic mass is 32.2. The maximum atomic E-state index is 12.7. The van der Waals surface area contributed by atoms with E-state index in [0.29, 0.717) is 11.6 Å². The number of anilines is 1. The van der Waals surface area contributed by atoms with Crippen LogP contribution in [0.25, 0.3) is 0 Å². The lowest BCUT2D eigenvalue weighted by Crippen LogP contribution is -2.51. The second-order valence-corrected chi connectivity index (χ2v) is 9.22. The first-order valence-electron chi connectivity index (χ1n) is 8.62. The van der Waals surface area contributed by atoms with Gasteiger partial charge in [-0.25, -0.2) is 8.42 Å². The fraction of sp³-hybridized carbons (Fsp3) is 0.611. The molecule has 1 aromatic rings. The van der Waals surface area contributed by atoms with Crippen LogP contribution >= 0.6 is 0 Å². The van der Waals surface area contributed by atoms with E-state index in [1.54, 1.807) is 19.1 Å². The van der Waals surface area contributed by atoms with Crippen molar-refractivity contribution in [1.82, 2.24) is 5.32 Å². The van der Waals surface area contributed by atoms with Crippen LogP contribution in [0.1, 0.15) is 38.2 Å². The molecule has 4 atom stereocenters. The van der Waals surface area contributed by atoms with Crippen molar-refractivity contribution in [3.63, 3.8) is 0 Å². The quantitative estimate of drug-likeness (QED) is 0.887. The van der Waals surface area contributed by atoms with Crippen LogP contribution in [0, 0.1) is 18.8 Å². The fourth-order valence-electron chi connectivity index (χ4n) is 4.23. The van der Waals surface area contributed by atoms with Gasteiger partial charge in [0.15, 0.2) is 0 Å². The summed E-state index contributed by atoms with van der Waals surface area (Å²) in [5, 5.41) is 3.10. The van der Waals surface area contributed by atoms with Crippen LogP contribution in [0.5, 0.6) is 0 Å². The summed E-state index contributed by atoms with van der Waals surface area (Å²) < 4.78 is 25.8. The van der Waals surface area contributed by atoms with Gasteiger partial charge in [-0.3, -0.25) is 9.10 Å². The van der Waals surface area contributed by atoms with E-state index in [9.17, 15) is 13.2 Å². The van der Waals surface area contributed by atoms with E-state index < -0.39 is 16.1 Å². The molecular formula is C18H26N2O3S. The molecule has 0 aromatic heterocycles. The van der Waals surface area contributed by atoms with Crippen molar-refractivity contribution in [1.29, 1.82) is 0 Å². The summed E-state index contributed by atoms with van der Waals surface area (Å²) >= 11 is 0. The summed E-state index contributed by atoms with van der Waals surface area (Å²) in [6.07, 6.45) is 5.83. The number of rotatable bonds is 5. The number of carbonyl (C=O) groups excluding carboxylic acids is 1. The van der Waals surface area contributed by atoms with E-state index in [0.717, 1.165) is 24.2 Å². The molecule has 0 radical (unpaired) electrons. The molecule has 24 heavy (non-hydrogen) atoms. The molecule has 2 aliphatic carbocycles. The Kier molecular flexibility index (Phi) is 4.60. The van der Waals surface area contributed by atoms with Crippen LogP contribution in [0.4, 0.5) is 5.69 Å². The Bertz CT molecular complexity index is 714. The average Bonchev–Trinajstić information content (AvgIpc) is 3.10. The molecule has 132 valence electrons. The molecule has 2 fully saturated rings. The number of carbonyl (C=O) groups is 1. The molecule has 0 aliphatic heterocycles. The number of nitrogens with zero attached hydrogens (tertiary/aromatic N) is 1. The van der Waals surface area contributed by atoms with Crippen molar-refractivity contribution in [2.45, 2.75) is 51.6 Å². The smallest absolute Gasteiger partial charge is 0.243 e. The molecule has 2 saturated carbocycles. The van der Waals surface area contributed by atoms with Gasteiger partial charge in [-0.1, -0.05) is 24.1 Å². The average molecular weight is 350 g/mol. The van der Waals surface area contributed by atoms with Crippen molar-refractivity contribution in [2.75, 3.05) is 10.6 Å². The number of hydrogen-bond donors (Lipinski definition) is 1. The summed E-state index contributed by atoms with van der Waals surface area (Å²) in [7, 11) is -3.55. The predicted octanol–water partition coefficient (Wildman–Crippen LogP) is 2.45. The first kappa shape index (κ1) is 17.3. The van der Waals surface area contributed by atoms with Crippen molar-refractivity contribution in [2.24, 2.45) is 11.8 Å². The van der Waals surface area contributed by atoms with Crippen LogP contribution in [0.2, 0.25) is 0 Å². The van der Waals surface area contributed by atoms with Crippen molar-refractivity contribution < 1.29 is 13.2 Å². The number of fused-ring (bicyclic) bond motifs is 2. The van der Waals surface area contributed by atoms with E-state index in [1.807, 2.05) is 19.1 Å². The van der Waals surface area contributed by atoms with Crippen molar-refractivity contribution in [3.05, 3.63) is 29.8 Å². The van der Waals surface area contributed by atoms with Gasteiger partial charge in [-0.2, -0.15) is 0 Å². The number of aryl methyl sites for hydroxylation is 1. The molecule has 2 aliphatic rings. The third-order valence-electron chi connectivity index (χ3n) is 5.44. The Labute approximate surface area is 144 Å². The van der Waals surface area contributed by atoms with Gasteiger partial charge in [0.2, 0.25) is 15.9 Å². The summed E-state index contributed by atoms with van der Waals surface area (Å²) in [5.41, 5.74) is 1.57. The Balaban J connectivity index is 1.77. The minimum atomic E-state index is -3.55. The van der Waals surface area contributed by atoms with Gasteiger partial charge >= 0.3 is 0 Å². The molecule has 0 unspecified atom stereocenters. The first-order valence-corrected chi connectivity index (χ1v) is 10.5. The van der Waals surface area contributed by atoms with E-state index in [4.69, 9.17) is 0 Å². The van der Waals surface area contributed by atoms with Crippen molar-refractivity contribution >= 4 is 21.6 Å². The Morgan fingerprint density at radius 1 is 1.21 bits per heavy atom. The summed E-state index contributed by atoms with van der Waals surface area (Å²) in [6, 6.07) is 6.65. The number of nitrogens with one attached hydrogen (secondary N) is 1. The van der Waals surface area contributed by atoms with Crippen LogP contribution < -0.4 is 9.62 Å². The predicted molar refractivity (Wildman–Crippen MR) is 95.3 cm³/mol. The van der Waals surface area contributed by atoms with Gasteiger partial charge in [0.1, 0.15) is 6.04 Å². The van der Waals surface area contributed by atoms with Crippen LogP contribution in [-0.4, -0.2) is 32.7 Å². The lowest BCUT2D eigenvalue weighted by molar-refractivity contribution is -0.122. The zero-order valence-corrected chi connectivity index (χ0v) is 15.3. The largest absolute Gasteiger partial charge is 0.351 e. The van der Waals surface area contributed by atoms with E-state index in [1.165, 1.54) is 23.6 Å². The highest BCUT2D eigenvalue weighted by molar-refractivity contribution is 7.92. The van der Waals surface area contributed by atoms with E-state index in [2.05, 4.69) is 5.32 Å². The third-order valence-corrected chi connectivity index (χ3v) is 6.68. The second-order valence-electron chi connectivity index (χ2n) is 7.36. The molecule has 6 heteroatoms. The highest BCUT2D eigenvalue weighted by Gasteiger charge is 2.41. The minimum absolute atomic E-state index is 0.207. The van der Waals surface area contributed by atoms with Crippen LogP contribution in [-0.2, 0) is 14.8 Å². The molecule has 1 aromatic carbocycles. The first-order chi connectivity index (χ1) is 11.3. The minimum Gasteiger partial charge on any atom is -0.351 e. The molecule has 0 spiro atoms. The lowest BCUT2D eigenvalue weighted by atomic mass is 9.95. The van der Waals surface area contributed by atoms with Gasteiger partial charge in [0, 0.05) is 6.04 Å². The van der Waals surface area contributed by atoms with Gasteiger partial charge in [-0.05, 0) is 57.1 Å². The summed E-state index contributed by atoms with van der Waals surface area (Å²) in [6.45, 7) is 3.60. The van der Waals surface area contributed by atoms with Crippen LogP contribution in [0.15, 0.2) is 24.3 Å². The summed E-state index contributed by atoms with van der Waals surface area (Å²) in [4.78, 5) is 12.7. The molecule has 1 N–H and O–H groups in total. The molecule has 0 saturated heterocycles. The highest BCUT2D eigenvalue weighted by Crippen LogP contribution is 2.44. The number of sulfonamides is 1. The Hall–Kier alpha value is -1.56. The molecule has 3 rings (SSSR count). The maximum absolute atomic E-state index is 12.7. The standard InChI is InChI=1S/C18H26N2O3S/c1-12-4-8-16(9-5-12)20(24(3,22)23)13(2)18(21)19-17-11-14-6-7-15(17)10-14/h4-5,8-9,13-15,17H,6-7,10-11H2,1-3H3,(H,19,21)/t13-,14+,15+,17+/m0/s1. The van der Waals surface area contributed by atoms with Gasteiger partial charge in [0.05, 0.1) is 11.9 Å². The Morgan fingerprint density at radius 3 is 2.38 bits per heavy atom. The van der Waals surface area contributed by atoms with Gasteiger partial charge in [0.25, 0.3) is 0 Å². The molecule has 0 heterocycles. The third kappa shape index (κ3) is 3.43. The maximum Gasteiger partial charge on any atom is 0.243 e. The number of hydrogen-bond acceptors (Lipinski definition) is 3. The molecular weight excluding hydrogens is 324 g/mol. The number of amides is 1. The van der Waals surface area contributed by atoms with Gasteiger partial charge in [-0.15, -0.1) is 0 Å². The zero-order valence-electron chi connectivity index (χ0n) is 14.5. The monoisotopic (exact) mass is 350 g/mol. The molecule has 5 nitrogen and oxygen atoms in total. The number of benzene rings is 1. The van der Waals surface area contributed by atoms with Gasteiger partial charge < -0.3 is 5.32 Å². The second kappa shape index (κ2) is 6.39. The summed E-state index contributed by atoms with van der Waals surface area (Å²) in [5.74, 6) is 1.09. The normalized spacial score (nSPS) is 27.0. The van der Waals surface area contributed by atoms with Crippen molar-refractivity contribution in [3.8, 4) is 0 Å². The molecule has 1 amide bonds. The topological polar surface area (TPSA) is 66.5 Å². The van der Waals surface area contributed by atoms with Crippen LogP contribution in [0.3, 0.4) is 0 Å². The molecule has 2 bridgehead atoms. The SMILES string of the molecule is Cc1ccc(N([C@@H](C)C(=O)N[C@@H]2C[C@@H]3CC[C@@H]2C3)S(C)(=O)=O)cc1. The van der Waals surface area contributed by atoms with E-state index in [-0.39, 0.29) is 11.9 Å². The lowest BCUT2D eigenvalue weighted by Gasteiger charge is -2.31. The fourth-order valence-corrected chi connectivity index (χ4v) is 5.40. The zero-order chi connectivity index (χ0) is 17.5.